The van der Waals surface area contributed by atoms with Crippen LogP contribution in [0.2, 0.25) is 0 Å². The van der Waals surface area contributed by atoms with E-state index >= 15 is 0 Å². The molecule has 0 atom stereocenters. The quantitative estimate of drug-likeness (QED) is 0.265. The van der Waals surface area contributed by atoms with Crippen LogP contribution >= 0.6 is 0 Å². The highest BCUT2D eigenvalue weighted by Gasteiger charge is 2.09. The second-order valence-corrected chi connectivity index (χ2v) is 7.31. The second kappa shape index (κ2) is 5.94. The number of fused-ring (bicyclic) bond motifs is 6. The average Bonchev–Trinajstić information content (AvgIpc) is 2.78. The first kappa shape index (κ1) is 15.4. The summed E-state index contributed by atoms with van der Waals surface area (Å²) >= 11 is 0. The van der Waals surface area contributed by atoms with E-state index in [1.165, 1.54) is 48.7 Å². The average molecular weight is 353 g/mol. The maximum absolute atomic E-state index is 3.73. The number of hydrogen-bond acceptors (Lipinski definition) is 0. The highest BCUT2D eigenvalue weighted by Crippen LogP contribution is 2.35. The molecule has 0 fully saturated rings. The lowest BCUT2D eigenvalue weighted by Gasteiger charge is -2.11. The molecule has 0 bridgehead atoms. The third-order valence-corrected chi connectivity index (χ3v) is 5.73. The van der Waals surface area contributed by atoms with Gasteiger partial charge in [-0.05, 0) is 60.3 Å². The predicted octanol–water partition coefficient (Wildman–Crippen LogP) is 7.77. The Kier molecular flexibility index (Phi) is 3.27. The Morgan fingerprint density at radius 1 is 0.393 bits per heavy atom. The normalized spacial score (nSPS) is 11.6. The van der Waals surface area contributed by atoms with E-state index in [2.05, 4.69) is 109 Å². The van der Waals surface area contributed by atoms with E-state index in [4.69, 9.17) is 0 Å². The van der Waals surface area contributed by atoms with Crippen LogP contribution in [-0.2, 0) is 0 Å². The maximum Gasteiger partial charge on any atom is -0.000764 e. The van der Waals surface area contributed by atoms with Gasteiger partial charge in [0, 0.05) is 0 Å². The molecule has 0 saturated carbocycles. The van der Waals surface area contributed by atoms with E-state index in [1.54, 1.807) is 0 Å². The first-order chi connectivity index (χ1) is 13.9. The first-order valence-corrected chi connectivity index (χ1v) is 9.63. The predicted molar refractivity (Wildman–Crippen MR) is 121 cm³/mol. The van der Waals surface area contributed by atoms with Crippen LogP contribution in [0, 0.1) is 6.07 Å². The standard InChI is InChI=1S/C28H17/c1-3-8-23-20(7-1)16-17-27-25(10-5-11-26(23)27)22-15-14-21-13-12-19-6-2-4-9-24(19)28(21)18-22/h1-17H. The lowest BCUT2D eigenvalue weighted by Crippen LogP contribution is -1.85. The van der Waals surface area contributed by atoms with Gasteiger partial charge in [0.1, 0.15) is 0 Å². The molecule has 0 aromatic heterocycles. The minimum atomic E-state index is 1.14. The molecule has 6 rings (SSSR count). The van der Waals surface area contributed by atoms with Gasteiger partial charge in [-0.3, -0.25) is 0 Å². The van der Waals surface area contributed by atoms with Crippen LogP contribution < -0.4 is 0 Å². The summed E-state index contributed by atoms with van der Waals surface area (Å²) in [5.74, 6) is 0. The Bertz CT molecular complexity index is 1510. The summed E-state index contributed by atoms with van der Waals surface area (Å²) in [6.45, 7) is 0. The van der Waals surface area contributed by atoms with Gasteiger partial charge in [0.2, 0.25) is 0 Å². The molecule has 1 radical (unpaired) electrons. The SMILES string of the molecule is [c]1c(-c2cccc3c2ccc2ccccc23)ccc2ccc3ccccc3c12. The molecule has 129 valence electrons. The number of hydrogen-bond donors (Lipinski definition) is 0. The number of benzene rings is 6. The van der Waals surface area contributed by atoms with Crippen LogP contribution in [0.1, 0.15) is 0 Å². The van der Waals surface area contributed by atoms with Crippen molar-refractivity contribution in [2.45, 2.75) is 0 Å². The molecule has 0 aliphatic heterocycles. The van der Waals surface area contributed by atoms with E-state index in [-0.39, 0.29) is 0 Å². The van der Waals surface area contributed by atoms with Crippen molar-refractivity contribution in [2.75, 3.05) is 0 Å². The van der Waals surface area contributed by atoms with Crippen LogP contribution in [0.5, 0.6) is 0 Å². The topological polar surface area (TPSA) is 0 Å². The van der Waals surface area contributed by atoms with Crippen molar-refractivity contribution in [3.05, 3.63) is 109 Å². The first-order valence-electron chi connectivity index (χ1n) is 9.63. The smallest absolute Gasteiger partial charge is 0.000764 e. The molecule has 0 N–H and O–H groups in total. The van der Waals surface area contributed by atoms with Gasteiger partial charge in [-0.15, -0.1) is 0 Å². The van der Waals surface area contributed by atoms with Gasteiger partial charge in [-0.2, -0.15) is 0 Å². The van der Waals surface area contributed by atoms with E-state index < -0.39 is 0 Å². The third kappa shape index (κ3) is 2.25. The summed E-state index contributed by atoms with van der Waals surface area (Å²) in [4.78, 5) is 0. The monoisotopic (exact) mass is 353 g/mol. The number of rotatable bonds is 1. The zero-order chi connectivity index (χ0) is 18.5. The van der Waals surface area contributed by atoms with E-state index in [9.17, 15) is 0 Å². The zero-order valence-corrected chi connectivity index (χ0v) is 15.3. The van der Waals surface area contributed by atoms with Crippen molar-refractivity contribution < 1.29 is 0 Å². The Morgan fingerprint density at radius 3 is 1.93 bits per heavy atom. The lowest BCUT2D eigenvalue weighted by molar-refractivity contribution is 1.69. The molecular formula is C28H17. The van der Waals surface area contributed by atoms with Crippen LogP contribution in [0.3, 0.4) is 0 Å². The fourth-order valence-electron chi connectivity index (χ4n) is 4.35. The van der Waals surface area contributed by atoms with Gasteiger partial charge in [-0.25, -0.2) is 0 Å². The van der Waals surface area contributed by atoms with Crippen molar-refractivity contribution in [1.29, 1.82) is 0 Å². The van der Waals surface area contributed by atoms with Crippen LogP contribution in [0.25, 0.3) is 54.2 Å². The summed E-state index contributed by atoms with van der Waals surface area (Å²) in [5.41, 5.74) is 2.38. The summed E-state index contributed by atoms with van der Waals surface area (Å²) in [6.07, 6.45) is 0. The molecule has 0 unspecified atom stereocenters. The minimum absolute atomic E-state index is 1.14. The molecule has 0 aliphatic carbocycles. The van der Waals surface area contributed by atoms with Gasteiger partial charge < -0.3 is 0 Å². The van der Waals surface area contributed by atoms with Crippen molar-refractivity contribution >= 4 is 43.1 Å². The maximum atomic E-state index is 3.73. The molecule has 28 heavy (non-hydrogen) atoms. The van der Waals surface area contributed by atoms with Gasteiger partial charge in [-0.1, -0.05) is 103 Å². The molecule has 0 spiro atoms. The molecule has 6 aromatic rings. The van der Waals surface area contributed by atoms with Crippen LogP contribution in [-0.4, -0.2) is 0 Å². The molecule has 0 nitrogen and oxygen atoms in total. The molecule has 0 amide bonds. The van der Waals surface area contributed by atoms with Crippen LogP contribution in [0.15, 0.2) is 103 Å². The molecule has 0 heteroatoms. The molecule has 0 heterocycles. The van der Waals surface area contributed by atoms with Crippen LogP contribution in [0.4, 0.5) is 0 Å². The second-order valence-electron chi connectivity index (χ2n) is 7.31. The van der Waals surface area contributed by atoms with E-state index in [1.807, 2.05) is 0 Å². The van der Waals surface area contributed by atoms with E-state index in [0.717, 1.165) is 5.56 Å². The summed E-state index contributed by atoms with van der Waals surface area (Å²) in [5, 5.41) is 10.1. The van der Waals surface area contributed by atoms with Gasteiger partial charge in [0.05, 0.1) is 0 Å². The van der Waals surface area contributed by atoms with Gasteiger partial charge >= 0.3 is 0 Å². The van der Waals surface area contributed by atoms with Crippen molar-refractivity contribution in [1.82, 2.24) is 0 Å². The summed E-state index contributed by atoms with van der Waals surface area (Å²) in [6, 6.07) is 40.7. The highest BCUT2D eigenvalue weighted by atomic mass is 14.1. The minimum Gasteiger partial charge on any atom is -0.0616 e. The molecule has 0 aliphatic rings. The zero-order valence-electron chi connectivity index (χ0n) is 15.3. The van der Waals surface area contributed by atoms with E-state index in [0.29, 0.717) is 0 Å². The molecule has 0 saturated heterocycles. The van der Waals surface area contributed by atoms with Crippen molar-refractivity contribution in [2.24, 2.45) is 0 Å². The Morgan fingerprint density at radius 2 is 1.04 bits per heavy atom. The Balaban J connectivity index is 1.68. The van der Waals surface area contributed by atoms with Gasteiger partial charge in [0.25, 0.3) is 0 Å². The highest BCUT2D eigenvalue weighted by molar-refractivity contribution is 6.13. The Labute approximate surface area is 163 Å². The molecule has 6 aromatic carbocycles. The lowest BCUT2D eigenvalue weighted by atomic mass is 9.92. The third-order valence-electron chi connectivity index (χ3n) is 5.73. The van der Waals surface area contributed by atoms with Crippen molar-refractivity contribution in [3.8, 4) is 11.1 Å². The largest absolute Gasteiger partial charge is 0.0616 e. The fourth-order valence-corrected chi connectivity index (χ4v) is 4.35. The summed E-state index contributed by atoms with van der Waals surface area (Å²) in [7, 11) is 0. The van der Waals surface area contributed by atoms with Crippen molar-refractivity contribution in [3.63, 3.8) is 0 Å². The molecular weight excluding hydrogens is 336 g/mol. The van der Waals surface area contributed by atoms with Gasteiger partial charge in [0.15, 0.2) is 0 Å². The Hall–Kier alpha value is -3.64. The summed E-state index contributed by atoms with van der Waals surface area (Å²) < 4.78 is 0. The fraction of sp³-hybridized carbons (Fsp3) is 0.